The highest BCUT2D eigenvalue weighted by Crippen LogP contribution is 2.24. The van der Waals surface area contributed by atoms with Crippen molar-refractivity contribution in [2.24, 2.45) is 0 Å². The van der Waals surface area contributed by atoms with Gasteiger partial charge in [0.1, 0.15) is 11.4 Å². The summed E-state index contributed by atoms with van der Waals surface area (Å²) in [5.41, 5.74) is 0.397. The first-order chi connectivity index (χ1) is 15.8. The Hall–Kier alpha value is -2.97. The van der Waals surface area contributed by atoms with E-state index in [1.807, 2.05) is 6.07 Å². The summed E-state index contributed by atoms with van der Waals surface area (Å²) in [6.07, 6.45) is 1.41. The molecule has 1 fully saturated rings. The number of anilines is 1. The van der Waals surface area contributed by atoms with Gasteiger partial charge in [-0.25, -0.2) is 17.9 Å². The normalized spacial score (nSPS) is 15.6. The molecule has 2 aromatic rings. The second kappa shape index (κ2) is 11.2. The van der Waals surface area contributed by atoms with Crippen molar-refractivity contribution in [2.45, 2.75) is 23.8 Å². The molecule has 174 valence electrons. The number of halogens is 1. The van der Waals surface area contributed by atoms with Crippen molar-refractivity contribution in [1.29, 1.82) is 5.26 Å². The predicted octanol–water partition coefficient (Wildman–Crippen LogP) is 2.51. The molecule has 11 heteroatoms. The van der Waals surface area contributed by atoms with Crippen LogP contribution in [0.5, 0.6) is 0 Å². The molecule has 0 bridgehead atoms. The van der Waals surface area contributed by atoms with Crippen LogP contribution in [-0.2, 0) is 24.3 Å². The molecule has 0 radical (unpaired) electrons. The Bertz CT molecular complexity index is 1140. The van der Waals surface area contributed by atoms with Crippen LogP contribution in [0.15, 0.2) is 53.4 Å². The van der Waals surface area contributed by atoms with E-state index in [2.05, 4.69) is 4.72 Å². The summed E-state index contributed by atoms with van der Waals surface area (Å²) in [7, 11) is -4.00. The predicted molar refractivity (Wildman–Crippen MR) is 120 cm³/mol. The molecule has 0 saturated carbocycles. The molecule has 0 aromatic heterocycles. The molecule has 1 aliphatic rings. The lowest BCUT2D eigenvalue weighted by molar-refractivity contribution is -0.121. The first-order valence-electron chi connectivity index (χ1n) is 10.1. The van der Waals surface area contributed by atoms with E-state index in [1.165, 1.54) is 17.0 Å². The number of hydrogen-bond donors (Lipinski definition) is 1. The number of carbonyl (C=O) groups is 2. The molecule has 1 amide bonds. The van der Waals surface area contributed by atoms with E-state index in [1.54, 1.807) is 30.3 Å². The number of sulfonamides is 1. The standard InChI is InChI=1S/C22H22ClN3O6S/c23-19-9-8-16(13-20(19)33(29,30)25-14-18-7-4-12-31-18)22(28)32-15-21(27)26(11-10-24)17-5-2-1-3-6-17/h1-3,5-6,8-9,13,18,25H,4,7,11-12,14-15H2. The number of esters is 1. The Balaban J connectivity index is 1.67. The third-order valence-corrected chi connectivity index (χ3v) is 6.81. The van der Waals surface area contributed by atoms with Crippen molar-refractivity contribution < 1.29 is 27.5 Å². The molecule has 1 atom stereocenters. The smallest absolute Gasteiger partial charge is 0.338 e. The summed E-state index contributed by atoms with van der Waals surface area (Å²) in [4.78, 5) is 25.9. The highest BCUT2D eigenvalue weighted by molar-refractivity contribution is 7.89. The van der Waals surface area contributed by atoms with E-state index in [9.17, 15) is 18.0 Å². The number of ether oxygens (including phenoxy) is 2. The van der Waals surface area contributed by atoms with E-state index in [-0.39, 0.29) is 34.7 Å². The first-order valence-corrected chi connectivity index (χ1v) is 12.0. The quantitative estimate of drug-likeness (QED) is 0.422. The van der Waals surface area contributed by atoms with Gasteiger partial charge in [-0.1, -0.05) is 29.8 Å². The Labute approximate surface area is 196 Å². The van der Waals surface area contributed by atoms with Gasteiger partial charge in [0.05, 0.1) is 22.8 Å². The van der Waals surface area contributed by atoms with Gasteiger partial charge in [0.2, 0.25) is 10.0 Å². The van der Waals surface area contributed by atoms with Crippen molar-refractivity contribution in [2.75, 3.05) is 31.2 Å². The third kappa shape index (κ3) is 6.52. The van der Waals surface area contributed by atoms with E-state index < -0.39 is 28.5 Å². The molecular formula is C22H22ClN3O6S. The molecular weight excluding hydrogens is 470 g/mol. The average molecular weight is 492 g/mol. The number of benzene rings is 2. The number of rotatable bonds is 9. The summed E-state index contributed by atoms with van der Waals surface area (Å²) in [5.74, 6) is -1.50. The van der Waals surface area contributed by atoms with Crippen LogP contribution in [0.3, 0.4) is 0 Å². The monoisotopic (exact) mass is 491 g/mol. The van der Waals surface area contributed by atoms with Gasteiger partial charge in [-0.2, -0.15) is 5.26 Å². The SMILES string of the molecule is N#CCN(C(=O)COC(=O)c1ccc(Cl)c(S(=O)(=O)NCC2CCCO2)c1)c1ccccc1. The van der Waals surface area contributed by atoms with E-state index >= 15 is 0 Å². The van der Waals surface area contributed by atoms with Gasteiger partial charge >= 0.3 is 5.97 Å². The fourth-order valence-electron chi connectivity index (χ4n) is 3.21. The Morgan fingerprint density at radius 1 is 1.24 bits per heavy atom. The molecule has 1 unspecified atom stereocenters. The Morgan fingerprint density at radius 2 is 2.00 bits per heavy atom. The third-order valence-electron chi connectivity index (χ3n) is 4.91. The second-order valence-corrected chi connectivity index (χ2v) is 9.32. The minimum absolute atomic E-state index is 0.0632. The molecule has 3 rings (SSSR count). The number of nitrogens with one attached hydrogen (secondary N) is 1. The number of hydrogen-bond acceptors (Lipinski definition) is 7. The molecule has 0 spiro atoms. The van der Waals surface area contributed by atoms with Gasteiger partial charge in [-0.15, -0.1) is 0 Å². The van der Waals surface area contributed by atoms with Crippen LogP contribution in [0, 0.1) is 11.3 Å². The fourth-order valence-corrected chi connectivity index (χ4v) is 4.80. The average Bonchev–Trinajstić information content (AvgIpc) is 3.34. The maximum atomic E-state index is 12.7. The van der Waals surface area contributed by atoms with Crippen LogP contribution in [0.4, 0.5) is 5.69 Å². The van der Waals surface area contributed by atoms with Gasteiger partial charge in [-0.3, -0.25) is 9.69 Å². The zero-order chi connectivity index (χ0) is 23.8. The zero-order valence-corrected chi connectivity index (χ0v) is 19.1. The van der Waals surface area contributed by atoms with Crippen LogP contribution < -0.4 is 9.62 Å². The van der Waals surface area contributed by atoms with Crippen LogP contribution in [0.2, 0.25) is 5.02 Å². The topological polar surface area (TPSA) is 126 Å². The largest absolute Gasteiger partial charge is 0.452 e. The van der Waals surface area contributed by atoms with E-state index in [4.69, 9.17) is 26.3 Å². The number of carbonyl (C=O) groups excluding carboxylic acids is 2. The molecule has 0 aliphatic carbocycles. The van der Waals surface area contributed by atoms with E-state index in [0.717, 1.165) is 18.9 Å². The Morgan fingerprint density at radius 3 is 2.67 bits per heavy atom. The molecule has 1 saturated heterocycles. The lowest BCUT2D eigenvalue weighted by Crippen LogP contribution is -2.35. The number of nitrogens with zero attached hydrogens (tertiary/aromatic N) is 2. The maximum absolute atomic E-state index is 12.7. The molecule has 1 aliphatic heterocycles. The van der Waals surface area contributed by atoms with Gasteiger partial charge in [0, 0.05) is 18.8 Å². The fraction of sp³-hybridized carbons (Fsp3) is 0.318. The van der Waals surface area contributed by atoms with E-state index in [0.29, 0.717) is 12.3 Å². The lowest BCUT2D eigenvalue weighted by Gasteiger charge is -2.19. The van der Waals surface area contributed by atoms with Crippen molar-refractivity contribution in [3.63, 3.8) is 0 Å². The number of amides is 1. The van der Waals surface area contributed by atoms with Gasteiger partial charge < -0.3 is 9.47 Å². The lowest BCUT2D eigenvalue weighted by atomic mass is 10.2. The minimum atomic E-state index is -4.00. The van der Waals surface area contributed by atoms with Crippen LogP contribution >= 0.6 is 11.6 Å². The summed E-state index contributed by atoms with van der Waals surface area (Å²) < 4.78 is 38.3. The number of para-hydroxylation sites is 1. The van der Waals surface area contributed by atoms with Crippen molar-refractivity contribution in [1.82, 2.24) is 4.72 Å². The summed E-state index contributed by atoms with van der Waals surface area (Å²) >= 11 is 6.06. The van der Waals surface area contributed by atoms with Crippen LogP contribution in [0.25, 0.3) is 0 Å². The Kier molecular flexibility index (Phi) is 8.41. The second-order valence-electron chi connectivity index (χ2n) is 7.18. The van der Waals surface area contributed by atoms with Gasteiger partial charge in [0.15, 0.2) is 6.61 Å². The van der Waals surface area contributed by atoms with Crippen LogP contribution in [-0.4, -0.2) is 52.7 Å². The van der Waals surface area contributed by atoms with Crippen LogP contribution in [0.1, 0.15) is 23.2 Å². The maximum Gasteiger partial charge on any atom is 0.338 e. The molecule has 9 nitrogen and oxygen atoms in total. The van der Waals surface area contributed by atoms with Crippen molar-refractivity contribution >= 4 is 39.2 Å². The summed E-state index contributed by atoms with van der Waals surface area (Å²) in [5, 5.41) is 8.95. The highest BCUT2D eigenvalue weighted by Gasteiger charge is 2.24. The summed E-state index contributed by atoms with van der Waals surface area (Å²) in [6.45, 7) is -0.170. The number of nitriles is 1. The summed E-state index contributed by atoms with van der Waals surface area (Å²) in [6, 6.07) is 14.0. The minimum Gasteiger partial charge on any atom is -0.452 e. The van der Waals surface area contributed by atoms with Crippen molar-refractivity contribution in [3.05, 3.63) is 59.1 Å². The zero-order valence-electron chi connectivity index (χ0n) is 17.6. The highest BCUT2D eigenvalue weighted by atomic mass is 35.5. The molecule has 1 N–H and O–H groups in total. The molecule has 33 heavy (non-hydrogen) atoms. The van der Waals surface area contributed by atoms with Crippen molar-refractivity contribution in [3.8, 4) is 6.07 Å². The first kappa shape index (κ1) is 24.7. The molecule has 1 heterocycles. The molecule has 2 aromatic carbocycles. The van der Waals surface area contributed by atoms with Gasteiger partial charge in [0.25, 0.3) is 5.91 Å². The van der Waals surface area contributed by atoms with Gasteiger partial charge in [-0.05, 0) is 43.2 Å².